The van der Waals surface area contributed by atoms with Gasteiger partial charge in [0.25, 0.3) is 0 Å². The molecule has 2 rings (SSSR count). The predicted molar refractivity (Wildman–Crippen MR) is 75.2 cm³/mol. The Bertz CT molecular complexity index is 420. The number of ether oxygens (including phenoxy) is 1. The number of hydrogen-bond acceptors (Lipinski definition) is 4. The van der Waals surface area contributed by atoms with Crippen molar-refractivity contribution in [2.75, 3.05) is 33.3 Å². The van der Waals surface area contributed by atoms with Crippen LogP contribution in [0.25, 0.3) is 0 Å². The van der Waals surface area contributed by atoms with Crippen LogP contribution in [0.15, 0.2) is 16.6 Å². The van der Waals surface area contributed by atoms with Crippen molar-refractivity contribution in [3.63, 3.8) is 0 Å². The van der Waals surface area contributed by atoms with Crippen LogP contribution < -0.4 is 10.1 Å². The van der Waals surface area contributed by atoms with E-state index < -0.39 is 0 Å². The van der Waals surface area contributed by atoms with Gasteiger partial charge in [-0.2, -0.15) is 0 Å². The quantitative estimate of drug-likeness (QED) is 0.897. The molecule has 1 aliphatic rings. The monoisotopic (exact) mass is 314 g/mol. The first-order valence-electron chi connectivity index (χ1n) is 6.14. The molecule has 1 atom stereocenters. The second-order valence-corrected chi connectivity index (χ2v) is 5.37. The molecule has 1 fully saturated rings. The molecule has 0 unspecified atom stereocenters. The maximum atomic E-state index is 9.82. The van der Waals surface area contributed by atoms with Crippen molar-refractivity contribution >= 4 is 15.9 Å². The molecule has 1 heterocycles. The summed E-state index contributed by atoms with van der Waals surface area (Å²) in [6.45, 7) is 6.33. The largest absolute Gasteiger partial charge is 0.503 e. The van der Waals surface area contributed by atoms with Gasteiger partial charge in [-0.05, 0) is 40.5 Å². The first-order valence-corrected chi connectivity index (χ1v) is 6.94. The zero-order chi connectivity index (χ0) is 13.1. The van der Waals surface area contributed by atoms with Crippen molar-refractivity contribution in [3.05, 3.63) is 22.2 Å². The minimum atomic E-state index is 0.161. The third-order valence-corrected chi connectivity index (χ3v) is 4.06. The third kappa shape index (κ3) is 2.79. The summed E-state index contributed by atoms with van der Waals surface area (Å²) in [6, 6.07) is 4.19. The first kappa shape index (κ1) is 13.6. The number of nitrogens with one attached hydrogen (secondary N) is 1. The Morgan fingerprint density at radius 3 is 2.67 bits per heavy atom. The molecule has 0 bridgehead atoms. The van der Waals surface area contributed by atoms with Crippen LogP contribution in [0.2, 0.25) is 0 Å². The van der Waals surface area contributed by atoms with E-state index in [4.69, 9.17) is 4.74 Å². The van der Waals surface area contributed by atoms with Gasteiger partial charge >= 0.3 is 0 Å². The van der Waals surface area contributed by atoms with E-state index in [-0.39, 0.29) is 5.75 Å². The van der Waals surface area contributed by atoms with Crippen LogP contribution in [0, 0.1) is 0 Å². The number of benzene rings is 1. The second kappa shape index (κ2) is 5.91. The summed E-state index contributed by atoms with van der Waals surface area (Å²) in [5.41, 5.74) is 1.15. The number of methoxy groups -OCH3 is 1. The molecule has 1 aromatic rings. The molecule has 1 aromatic carbocycles. The van der Waals surface area contributed by atoms with Crippen molar-refractivity contribution in [2.45, 2.75) is 13.0 Å². The summed E-state index contributed by atoms with van der Waals surface area (Å²) in [4.78, 5) is 2.43. The molecule has 0 spiro atoms. The van der Waals surface area contributed by atoms with E-state index in [0.29, 0.717) is 16.3 Å². The summed E-state index contributed by atoms with van der Waals surface area (Å²) in [5.74, 6) is 0.676. The van der Waals surface area contributed by atoms with E-state index >= 15 is 0 Å². The van der Waals surface area contributed by atoms with Crippen LogP contribution in [-0.2, 0) is 0 Å². The summed E-state index contributed by atoms with van der Waals surface area (Å²) >= 11 is 3.37. The van der Waals surface area contributed by atoms with Crippen LogP contribution in [0.4, 0.5) is 0 Å². The highest BCUT2D eigenvalue weighted by Crippen LogP contribution is 2.37. The molecule has 0 amide bonds. The van der Waals surface area contributed by atoms with E-state index in [1.807, 2.05) is 12.1 Å². The highest BCUT2D eigenvalue weighted by atomic mass is 79.9. The number of piperazine rings is 1. The number of hydrogen-bond donors (Lipinski definition) is 2. The molecular formula is C13H19BrN2O2. The van der Waals surface area contributed by atoms with Crippen molar-refractivity contribution in [2.24, 2.45) is 0 Å². The Labute approximate surface area is 116 Å². The number of aromatic hydroxyl groups is 1. The summed E-state index contributed by atoms with van der Waals surface area (Å²) in [5, 5.41) is 13.2. The summed E-state index contributed by atoms with van der Waals surface area (Å²) < 4.78 is 5.87. The SMILES string of the molecule is COc1cc([C@@H](C)N2CCNCC2)cc(Br)c1O. The fraction of sp³-hybridized carbons (Fsp3) is 0.538. The van der Waals surface area contributed by atoms with Gasteiger partial charge in [-0.1, -0.05) is 0 Å². The van der Waals surface area contributed by atoms with E-state index in [1.54, 1.807) is 7.11 Å². The number of nitrogens with zero attached hydrogens (tertiary/aromatic N) is 1. The van der Waals surface area contributed by atoms with Gasteiger partial charge in [0.05, 0.1) is 11.6 Å². The Balaban J connectivity index is 2.23. The maximum Gasteiger partial charge on any atom is 0.172 e. The molecule has 0 aromatic heterocycles. The Kier molecular flexibility index (Phi) is 4.48. The normalized spacial score (nSPS) is 18.6. The Morgan fingerprint density at radius 1 is 1.39 bits per heavy atom. The highest BCUT2D eigenvalue weighted by molar-refractivity contribution is 9.10. The first-order chi connectivity index (χ1) is 8.63. The van der Waals surface area contributed by atoms with E-state index in [2.05, 4.69) is 33.1 Å². The third-order valence-electron chi connectivity index (χ3n) is 3.45. The fourth-order valence-electron chi connectivity index (χ4n) is 2.27. The predicted octanol–water partition coefficient (Wildman–Crippen LogP) is 2.13. The Morgan fingerprint density at radius 2 is 2.06 bits per heavy atom. The number of phenolic OH excluding ortho intramolecular Hbond substituents is 1. The van der Waals surface area contributed by atoms with Crippen LogP contribution in [0.3, 0.4) is 0 Å². The lowest BCUT2D eigenvalue weighted by Gasteiger charge is -2.33. The van der Waals surface area contributed by atoms with Gasteiger partial charge in [0.1, 0.15) is 0 Å². The topological polar surface area (TPSA) is 44.7 Å². The lowest BCUT2D eigenvalue weighted by Crippen LogP contribution is -2.44. The van der Waals surface area contributed by atoms with Gasteiger partial charge in [-0.15, -0.1) is 0 Å². The number of rotatable bonds is 3. The molecule has 1 saturated heterocycles. The average Bonchev–Trinajstić information content (AvgIpc) is 2.42. The lowest BCUT2D eigenvalue weighted by molar-refractivity contribution is 0.185. The molecule has 0 radical (unpaired) electrons. The molecule has 100 valence electrons. The van der Waals surface area contributed by atoms with E-state index in [1.165, 1.54) is 0 Å². The molecule has 4 nitrogen and oxygen atoms in total. The summed E-state index contributed by atoms with van der Waals surface area (Å²) in [7, 11) is 1.57. The van der Waals surface area contributed by atoms with Crippen LogP contribution in [0.1, 0.15) is 18.5 Å². The summed E-state index contributed by atoms with van der Waals surface area (Å²) in [6.07, 6.45) is 0. The van der Waals surface area contributed by atoms with Gasteiger partial charge < -0.3 is 15.2 Å². The highest BCUT2D eigenvalue weighted by Gasteiger charge is 2.20. The molecule has 18 heavy (non-hydrogen) atoms. The lowest BCUT2D eigenvalue weighted by atomic mass is 10.1. The molecular weight excluding hydrogens is 296 g/mol. The molecule has 5 heteroatoms. The Hall–Kier alpha value is -0.780. The number of phenols is 1. The van der Waals surface area contributed by atoms with Crippen LogP contribution in [0.5, 0.6) is 11.5 Å². The van der Waals surface area contributed by atoms with Gasteiger partial charge in [0.15, 0.2) is 11.5 Å². The minimum absolute atomic E-state index is 0.161. The van der Waals surface area contributed by atoms with Crippen molar-refractivity contribution in [1.29, 1.82) is 0 Å². The van der Waals surface area contributed by atoms with E-state index in [0.717, 1.165) is 31.7 Å². The zero-order valence-electron chi connectivity index (χ0n) is 10.7. The molecule has 0 saturated carbocycles. The van der Waals surface area contributed by atoms with Crippen molar-refractivity contribution < 1.29 is 9.84 Å². The van der Waals surface area contributed by atoms with Gasteiger partial charge in [0.2, 0.25) is 0 Å². The van der Waals surface area contributed by atoms with Gasteiger partial charge in [-0.3, -0.25) is 4.90 Å². The van der Waals surface area contributed by atoms with Gasteiger partial charge in [-0.25, -0.2) is 0 Å². The molecule has 0 aliphatic carbocycles. The fourth-order valence-corrected chi connectivity index (χ4v) is 2.73. The standard InChI is InChI=1S/C13H19BrN2O2/c1-9(16-5-3-15-4-6-16)10-7-11(14)13(17)12(8-10)18-2/h7-9,15,17H,3-6H2,1-2H3/t9-/m1/s1. The van der Waals surface area contributed by atoms with Gasteiger partial charge in [0, 0.05) is 32.2 Å². The second-order valence-electron chi connectivity index (χ2n) is 4.52. The average molecular weight is 315 g/mol. The van der Waals surface area contributed by atoms with Crippen molar-refractivity contribution in [1.82, 2.24) is 10.2 Å². The molecule has 2 N–H and O–H groups in total. The van der Waals surface area contributed by atoms with Crippen molar-refractivity contribution in [3.8, 4) is 11.5 Å². The molecule has 1 aliphatic heterocycles. The maximum absolute atomic E-state index is 9.82. The van der Waals surface area contributed by atoms with Crippen LogP contribution in [-0.4, -0.2) is 43.3 Å². The van der Waals surface area contributed by atoms with Crippen LogP contribution >= 0.6 is 15.9 Å². The zero-order valence-corrected chi connectivity index (χ0v) is 12.3. The smallest absolute Gasteiger partial charge is 0.172 e. The minimum Gasteiger partial charge on any atom is -0.503 e. The number of halogens is 1. The van der Waals surface area contributed by atoms with E-state index in [9.17, 15) is 5.11 Å².